The van der Waals surface area contributed by atoms with E-state index >= 15 is 0 Å². The maximum atomic E-state index is 12.2. The van der Waals surface area contributed by atoms with E-state index in [0.717, 1.165) is 21.0 Å². The standard InChI is InChI=1S/C18H21ClN2O3S2/c1-14-5-3-4-6-17(14)21(26(2,23)24)13-18(22)20-11-12-25-16-9-7-15(19)8-10-16/h3-10H,11-13H2,1-2H3,(H,20,22). The Morgan fingerprint density at radius 2 is 1.81 bits per heavy atom. The van der Waals surface area contributed by atoms with Gasteiger partial charge in [0.2, 0.25) is 15.9 Å². The van der Waals surface area contributed by atoms with E-state index in [9.17, 15) is 13.2 Å². The molecule has 0 spiro atoms. The third-order valence-electron chi connectivity index (χ3n) is 3.58. The fraction of sp³-hybridized carbons (Fsp3) is 0.278. The van der Waals surface area contributed by atoms with Crippen molar-refractivity contribution in [2.24, 2.45) is 0 Å². The summed E-state index contributed by atoms with van der Waals surface area (Å²) >= 11 is 7.43. The maximum Gasteiger partial charge on any atom is 0.240 e. The van der Waals surface area contributed by atoms with E-state index in [4.69, 9.17) is 11.6 Å². The number of thioether (sulfide) groups is 1. The molecule has 0 unspecified atom stereocenters. The van der Waals surface area contributed by atoms with Crippen LogP contribution >= 0.6 is 23.4 Å². The molecule has 2 rings (SSSR count). The zero-order chi connectivity index (χ0) is 19.2. The average molecular weight is 413 g/mol. The Kier molecular flexibility index (Phi) is 7.37. The highest BCUT2D eigenvalue weighted by atomic mass is 35.5. The van der Waals surface area contributed by atoms with Crippen LogP contribution in [0.25, 0.3) is 0 Å². The van der Waals surface area contributed by atoms with Crippen molar-refractivity contribution >= 4 is 45.0 Å². The fourth-order valence-electron chi connectivity index (χ4n) is 2.30. The Bertz CT molecular complexity index is 855. The van der Waals surface area contributed by atoms with E-state index < -0.39 is 10.0 Å². The second-order valence-electron chi connectivity index (χ2n) is 5.71. The molecule has 0 aliphatic rings. The lowest BCUT2D eigenvalue weighted by Crippen LogP contribution is -2.41. The van der Waals surface area contributed by atoms with Gasteiger partial charge >= 0.3 is 0 Å². The first-order valence-electron chi connectivity index (χ1n) is 7.96. The predicted octanol–water partition coefficient (Wildman–Crippen LogP) is 3.32. The minimum Gasteiger partial charge on any atom is -0.354 e. The highest BCUT2D eigenvalue weighted by Crippen LogP contribution is 2.22. The van der Waals surface area contributed by atoms with Crippen molar-refractivity contribution in [1.82, 2.24) is 5.32 Å². The van der Waals surface area contributed by atoms with Crippen molar-refractivity contribution in [3.63, 3.8) is 0 Å². The molecule has 0 aliphatic heterocycles. The number of para-hydroxylation sites is 1. The zero-order valence-electron chi connectivity index (χ0n) is 14.6. The summed E-state index contributed by atoms with van der Waals surface area (Å²) in [7, 11) is -3.56. The second-order valence-corrected chi connectivity index (χ2v) is 9.22. The first-order valence-corrected chi connectivity index (χ1v) is 11.2. The molecular formula is C18H21ClN2O3S2. The summed E-state index contributed by atoms with van der Waals surface area (Å²) in [5.74, 6) is 0.340. The van der Waals surface area contributed by atoms with Crippen molar-refractivity contribution in [2.45, 2.75) is 11.8 Å². The van der Waals surface area contributed by atoms with E-state index in [1.807, 2.05) is 43.3 Å². The molecule has 1 amide bonds. The average Bonchev–Trinajstić information content (AvgIpc) is 2.58. The molecule has 0 saturated carbocycles. The number of anilines is 1. The molecule has 0 radical (unpaired) electrons. The minimum atomic E-state index is -3.56. The molecule has 0 aliphatic carbocycles. The van der Waals surface area contributed by atoms with Crippen LogP contribution < -0.4 is 9.62 Å². The highest BCUT2D eigenvalue weighted by molar-refractivity contribution is 7.99. The van der Waals surface area contributed by atoms with Crippen LogP contribution in [0.5, 0.6) is 0 Å². The number of sulfonamides is 1. The summed E-state index contributed by atoms with van der Waals surface area (Å²) in [6.45, 7) is 2.01. The monoisotopic (exact) mass is 412 g/mol. The Hall–Kier alpha value is -1.70. The van der Waals surface area contributed by atoms with Crippen LogP contribution in [0.1, 0.15) is 5.56 Å². The van der Waals surface area contributed by atoms with E-state index in [-0.39, 0.29) is 12.5 Å². The largest absolute Gasteiger partial charge is 0.354 e. The summed E-state index contributed by atoms with van der Waals surface area (Å²) in [6.07, 6.45) is 1.10. The Morgan fingerprint density at radius 1 is 1.15 bits per heavy atom. The summed E-state index contributed by atoms with van der Waals surface area (Å²) in [6, 6.07) is 14.5. The van der Waals surface area contributed by atoms with Gasteiger partial charge in [0.05, 0.1) is 11.9 Å². The van der Waals surface area contributed by atoms with Gasteiger partial charge in [-0.05, 0) is 42.8 Å². The van der Waals surface area contributed by atoms with Crippen molar-refractivity contribution in [2.75, 3.05) is 29.4 Å². The van der Waals surface area contributed by atoms with E-state index in [0.29, 0.717) is 23.0 Å². The lowest BCUT2D eigenvalue weighted by atomic mass is 10.2. The SMILES string of the molecule is Cc1ccccc1N(CC(=O)NCCSc1ccc(Cl)cc1)S(C)(=O)=O. The number of halogens is 1. The molecule has 8 heteroatoms. The van der Waals surface area contributed by atoms with Gasteiger partial charge < -0.3 is 5.32 Å². The van der Waals surface area contributed by atoms with Crippen LogP contribution in [-0.4, -0.2) is 39.4 Å². The molecule has 140 valence electrons. The van der Waals surface area contributed by atoms with Gasteiger partial charge in [0.15, 0.2) is 0 Å². The lowest BCUT2D eigenvalue weighted by Gasteiger charge is -2.23. The molecule has 0 fully saturated rings. The van der Waals surface area contributed by atoms with Crippen LogP contribution in [0.3, 0.4) is 0 Å². The third-order valence-corrected chi connectivity index (χ3v) is 5.97. The van der Waals surface area contributed by atoms with Gasteiger partial charge in [-0.15, -0.1) is 11.8 Å². The van der Waals surface area contributed by atoms with Gasteiger partial charge in [0.25, 0.3) is 0 Å². The molecule has 2 aromatic carbocycles. The molecule has 0 aromatic heterocycles. The van der Waals surface area contributed by atoms with Crippen LogP contribution in [0, 0.1) is 6.92 Å². The number of aryl methyl sites for hydroxylation is 1. The maximum absolute atomic E-state index is 12.2. The zero-order valence-corrected chi connectivity index (χ0v) is 17.0. The topological polar surface area (TPSA) is 66.5 Å². The summed E-state index contributed by atoms with van der Waals surface area (Å²) in [5.41, 5.74) is 1.31. The number of amides is 1. The number of nitrogens with zero attached hydrogens (tertiary/aromatic N) is 1. The van der Waals surface area contributed by atoms with Crippen LogP contribution in [0.15, 0.2) is 53.4 Å². The number of nitrogens with one attached hydrogen (secondary N) is 1. The van der Waals surface area contributed by atoms with Crippen LogP contribution in [-0.2, 0) is 14.8 Å². The molecule has 5 nitrogen and oxygen atoms in total. The highest BCUT2D eigenvalue weighted by Gasteiger charge is 2.21. The normalized spacial score (nSPS) is 11.2. The Labute approximate surface area is 163 Å². The molecule has 26 heavy (non-hydrogen) atoms. The number of hydrogen-bond donors (Lipinski definition) is 1. The quantitative estimate of drug-likeness (QED) is 0.533. The molecule has 0 saturated heterocycles. The van der Waals surface area contributed by atoms with Crippen molar-refractivity contribution < 1.29 is 13.2 Å². The van der Waals surface area contributed by atoms with Gasteiger partial charge in [-0.1, -0.05) is 29.8 Å². The third kappa shape index (κ3) is 6.23. The second kappa shape index (κ2) is 9.30. The number of hydrogen-bond acceptors (Lipinski definition) is 4. The minimum absolute atomic E-state index is 0.241. The number of rotatable bonds is 8. The first kappa shape index (κ1) is 20.6. The predicted molar refractivity (Wildman–Crippen MR) is 109 cm³/mol. The van der Waals surface area contributed by atoms with Gasteiger partial charge in [-0.25, -0.2) is 8.42 Å². The number of carbonyl (C=O) groups excluding carboxylic acids is 1. The molecule has 0 atom stereocenters. The van der Waals surface area contributed by atoms with Crippen molar-refractivity contribution in [3.05, 3.63) is 59.1 Å². The van der Waals surface area contributed by atoms with E-state index in [1.165, 1.54) is 0 Å². The van der Waals surface area contributed by atoms with E-state index in [1.54, 1.807) is 23.9 Å². The van der Waals surface area contributed by atoms with Crippen LogP contribution in [0.2, 0.25) is 5.02 Å². The van der Waals surface area contributed by atoms with Crippen LogP contribution in [0.4, 0.5) is 5.69 Å². The van der Waals surface area contributed by atoms with Gasteiger partial charge in [0.1, 0.15) is 6.54 Å². The molecular weight excluding hydrogens is 392 g/mol. The van der Waals surface area contributed by atoms with Gasteiger partial charge in [-0.3, -0.25) is 9.10 Å². The summed E-state index contributed by atoms with van der Waals surface area (Å²) in [4.78, 5) is 13.3. The van der Waals surface area contributed by atoms with Crippen molar-refractivity contribution in [1.29, 1.82) is 0 Å². The Morgan fingerprint density at radius 3 is 2.42 bits per heavy atom. The molecule has 2 aromatic rings. The number of carbonyl (C=O) groups is 1. The molecule has 1 N–H and O–H groups in total. The smallest absolute Gasteiger partial charge is 0.240 e. The van der Waals surface area contributed by atoms with Gasteiger partial charge in [0, 0.05) is 22.2 Å². The summed E-state index contributed by atoms with van der Waals surface area (Å²) < 4.78 is 25.3. The molecule has 0 bridgehead atoms. The van der Waals surface area contributed by atoms with Gasteiger partial charge in [-0.2, -0.15) is 0 Å². The first-order chi connectivity index (χ1) is 12.3. The Balaban J connectivity index is 1.89. The number of benzene rings is 2. The fourth-order valence-corrected chi connectivity index (χ4v) is 4.11. The van der Waals surface area contributed by atoms with Crippen molar-refractivity contribution in [3.8, 4) is 0 Å². The lowest BCUT2D eigenvalue weighted by molar-refractivity contribution is -0.119. The summed E-state index contributed by atoms with van der Waals surface area (Å²) in [5, 5.41) is 3.44. The molecule has 0 heterocycles. The van der Waals surface area contributed by atoms with E-state index in [2.05, 4.69) is 5.32 Å².